The molecule has 1 amide bonds. The van der Waals surface area contributed by atoms with Crippen LogP contribution in [0.25, 0.3) is 0 Å². The van der Waals surface area contributed by atoms with Crippen LogP contribution in [0.3, 0.4) is 0 Å². The van der Waals surface area contributed by atoms with Gasteiger partial charge in [-0.15, -0.1) is 0 Å². The molecule has 0 bridgehead atoms. The van der Waals surface area contributed by atoms with Gasteiger partial charge in [-0.3, -0.25) is 0 Å². The lowest BCUT2D eigenvalue weighted by molar-refractivity contribution is -0.137. The van der Waals surface area contributed by atoms with Crippen LogP contribution in [0.5, 0.6) is 5.75 Å². The minimum atomic E-state index is -4.53. The standard InChI is InChI=1S/C17H22ClF3N2O3/c1-16(2,3)26-15(24)23(4)8-7-22-12-9-25-14-10(12)5-6-11(13(14)18)17(19,20)21/h5-6,12,22H,7-9H2,1-4H3. The Morgan fingerprint density at radius 2 is 2.04 bits per heavy atom. The van der Waals surface area contributed by atoms with Gasteiger partial charge in [0.05, 0.1) is 16.6 Å². The summed E-state index contributed by atoms with van der Waals surface area (Å²) in [6, 6.07) is 2.03. The lowest BCUT2D eigenvalue weighted by Crippen LogP contribution is -2.38. The van der Waals surface area contributed by atoms with E-state index in [9.17, 15) is 18.0 Å². The zero-order valence-electron chi connectivity index (χ0n) is 15.0. The van der Waals surface area contributed by atoms with Crippen LogP contribution in [0.2, 0.25) is 5.02 Å². The van der Waals surface area contributed by atoms with E-state index in [2.05, 4.69) is 5.32 Å². The summed E-state index contributed by atoms with van der Waals surface area (Å²) >= 11 is 5.85. The van der Waals surface area contributed by atoms with Gasteiger partial charge in [0.1, 0.15) is 18.0 Å². The average molecular weight is 395 g/mol. The predicted molar refractivity (Wildman–Crippen MR) is 91.6 cm³/mol. The smallest absolute Gasteiger partial charge is 0.417 e. The van der Waals surface area contributed by atoms with Gasteiger partial charge in [0, 0.05) is 25.7 Å². The molecule has 1 aliphatic rings. The Balaban J connectivity index is 1.95. The topological polar surface area (TPSA) is 50.8 Å². The number of ether oxygens (including phenoxy) is 2. The average Bonchev–Trinajstić information content (AvgIpc) is 2.88. The van der Waals surface area contributed by atoms with E-state index in [1.54, 1.807) is 27.8 Å². The summed E-state index contributed by atoms with van der Waals surface area (Å²) in [4.78, 5) is 13.3. The van der Waals surface area contributed by atoms with Gasteiger partial charge in [0.25, 0.3) is 0 Å². The molecule has 0 aliphatic carbocycles. The minimum Gasteiger partial charge on any atom is -0.490 e. The van der Waals surface area contributed by atoms with Gasteiger partial charge in [-0.1, -0.05) is 17.7 Å². The first-order valence-corrected chi connectivity index (χ1v) is 8.48. The fourth-order valence-corrected chi connectivity index (χ4v) is 2.81. The molecule has 2 rings (SSSR count). The highest BCUT2D eigenvalue weighted by Gasteiger charge is 2.37. The second-order valence-corrected chi connectivity index (χ2v) is 7.44. The maximum atomic E-state index is 12.9. The molecule has 5 nitrogen and oxygen atoms in total. The van der Waals surface area contributed by atoms with Crippen LogP contribution in [-0.2, 0) is 10.9 Å². The summed E-state index contributed by atoms with van der Waals surface area (Å²) in [6.07, 6.45) is -4.97. The normalized spacial score (nSPS) is 16.8. The van der Waals surface area contributed by atoms with Gasteiger partial charge in [-0.25, -0.2) is 4.79 Å². The van der Waals surface area contributed by atoms with E-state index in [1.807, 2.05) is 0 Å². The minimum absolute atomic E-state index is 0.0551. The van der Waals surface area contributed by atoms with E-state index in [0.29, 0.717) is 18.7 Å². The molecule has 1 aliphatic heterocycles. The van der Waals surface area contributed by atoms with Crippen molar-refractivity contribution in [2.75, 3.05) is 26.7 Å². The molecule has 1 unspecified atom stereocenters. The van der Waals surface area contributed by atoms with E-state index in [4.69, 9.17) is 21.1 Å². The maximum Gasteiger partial charge on any atom is 0.417 e. The van der Waals surface area contributed by atoms with Crippen LogP contribution < -0.4 is 10.1 Å². The van der Waals surface area contributed by atoms with Crippen molar-refractivity contribution < 1.29 is 27.4 Å². The summed E-state index contributed by atoms with van der Waals surface area (Å²) in [5, 5.41) is 2.73. The largest absolute Gasteiger partial charge is 0.490 e. The summed E-state index contributed by atoms with van der Waals surface area (Å²) in [5.41, 5.74) is -0.921. The van der Waals surface area contributed by atoms with Crippen molar-refractivity contribution in [1.29, 1.82) is 0 Å². The summed E-state index contributed by atoms with van der Waals surface area (Å²) in [5.74, 6) is 0.0551. The molecule has 146 valence electrons. The SMILES string of the molecule is CN(CCNC1COc2c1ccc(C(F)(F)F)c2Cl)C(=O)OC(C)(C)C. The number of carbonyl (C=O) groups excluding carboxylic acids is 1. The Morgan fingerprint density at radius 3 is 2.62 bits per heavy atom. The molecule has 0 saturated carbocycles. The van der Waals surface area contributed by atoms with Crippen LogP contribution in [0, 0.1) is 0 Å². The molecule has 0 radical (unpaired) electrons. The highest BCUT2D eigenvalue weighted by Crippen LogP contribution is 2.45. The summed E-state index contributed by atoms with van der Waals surface area (Å²) in [6.45, 7) is 6.30. The predicted octanol–water partition coefficient (Wildman–Crippen LogP) is 4.25. The van der Waals surface area contributed by atoms with Gasteiger partial charge in [-0.05, 0) is 26.8 Å². The summed E-state index contributed by atoms with van der Waals surface area (Å²) < 4.78 is 49.3. The van der Waals surface area contributed by atoms with Crippen molar-refractivity contribution in [2.24, 2.45) is 0 Å². The molecule has 0 aromatic heterocycles. The molecule has 26 heavy (non-hydrogen) atoms. The second-order valence-electron chi connectivity index (χ2n) is 7.06. The third kappa shape index (κ3) is 4.94. The van der Waals surface area contributed by atoms with Gasteiger partial charge >= 0.3 is 12.3 Å². The van der Waals surface area contributed by atoms with E-state index in [1.165, 1.54) is 11.0 Å². The monoisotopic (exact) mass is 394 g/mol. The molecule has 1 heterocycles. The van der Waals surface area contributed by atoms with Gasteiger partial charge in [-0.2, -0.15) is 13.2 Å². The third-order valence-electron chi connectivity index (χ3n) is 3.75. The number of nitrogens with one attached hydrogen (secondary N) is 1. The number of amides is 1. The molecule has 1 aromatic carbocycles. The Labute approximate surface area is 155 Å². The van der Waals surface area contributed by atoms with Crippen molar-refractivity contribution >= 4 is 17.7 Å². The van der Waals surface area contributed by atoms with Crippen molar-refractivity contribution in [2.45, 2.75) is 38.6 Å². The lowest BCUT2D eigenvalue weighted by atomic mass is 10.1. The van der Waals surface area contributed by atoms with E-state index < -0.39 is 28.5 Å². The molecular formula is C17H22ClF3N2O3. The number of nitrogens with zero attached hydrogens (tertiary/aromatic N) is 1. The van der Waals surface area contributed by atoms with Crippen molar-refractivity contribution in [3.8, 4) is 5.75 Å². The fraction of sp³-hybridized carbons (Fsp3) is 0.588. The van der Waals surface area contributed by atoms with E-state index in [0.717, 1.165) is 6.07 Å². The number of likely N-dealkylation sites (N-methyl/N-ethyl adjacent to an activating group) is 1. The number of benzene rings is 1. The Bertz CT molecular complexity index is 674. The quantitative estimate of drug-likeness (QED) is 0.829. The number of halogens is 4. The van der Waals surface area contributed by atoms with Gasteiger partial charge < -0.3 is 19.7 Å². The Kier molecular flexibility index (Phi) is 5.97. The zero-order chi connectivity index (χ0) is 19.7. The number of hydrogen-bond acceptors (Lipinski definition) is 4. The molecule has 1 atom stereocenters. The van der Waals surface area contributed by atoms with Crippen LogP contribution in [0.1, 0.15) is 37.9 Å². The van der Waals surface area contributed by atoms with Crippen LogP contribution in [0.4, 0.5) is 18.0 Å². The number of alkyl halides is 3. The summed E-state index contributed by atoms with van der Waals surface area (Å²) in [7, 11) is 1.61. The van der Waals surface area contributed by atoms with Crippen molar-refractivity contribution in [1.82, 2.24) is 10.2 Å². The lowest BCUT2D eigenvalue weighted by Gasteiger charge is -2.25. The molecule has 0 fully saturated rings. The van der Waals surface area contributed by atoms with Gasteiger partial charge in [0.2, 0.25) is 0 Å². The molecular weight excluding hydrogens is 373 g/mol. The molecule has 0 spiro atoms. The Hall–Kier alpha value is -1.67. The van der Waals surface area contributed by atoms with Crippen molar-refractivity contribution in [3.63, 3.8) is 0 Å². The molecule has 9 heteroatoms. The number of fused-ring (bicyclic) bond motifs is 1. The first-order chi connectivity index (χ1) is 11.9. The number of carbonyl (C=O) groups is 1. The highest BCUT2D eigenvalue weighted by molar-refractivity contribution is 6.33. The Morgan fingerprint density at radius 1 is 1.38 bits per heavy atom. The van der Waals surface area contributed by atoms with E-state index >= 15 is 0 Å². The van der Waals surface area contributed by atoms with Gasteiger partial charge in [0.15, 0.2) is 0 Å². The molecule has 1 N–H and O–H groups in total. The third-order valence-corrected chi connectivity index (χ3v) is 4.12. The number of hydrogen-bond donors (Lipinski definition) is 1. The highest BCUT2D eigenvalue weighted by atomic mass is 35.5. The molecule has 0 saturated heterocycles. The first kappa shape index (κ1) is 20.6. The molecule has 1 aromatic rings. The van der Waals surface area contributed by atoms with Crippen LogP contribution >= 0.6 is 11.6 Å². The van der Waals surface area contributed by atoms with Crippen LogP contribution in [-0.4, -0.2) is 43.3 Å². The van der Waals surface area contributed by atoms with Crippen molar-refractivity contribution in [3.05, 3.63) is 28.3 Å². The van der Waals surface area contributed by atoms with E-state index in [-0.39, 0.29) is 18.4 Å². The maximum absolute atomic E-state index is 12.9. The second kappa shape index (κ2) is 7.52. The zero-order valence-corrected chi connectivity index (χ0v) is 15.8. The fourth-order valence-electron chi connectivity index (χ4n) is 2.47. The number of rotatable bonds is 4. The van der Waals surface area contributed by atoms with Crippen LogP contribution in [0.15, 0.2) is 12.1 Å². The first-order valence-electron chi connectivity index (χ1n) is 8.10.